The number of carbonyl (C=O) groups is 1. The van der Waals surface area contributed by atoms with Crippen molar-refractivity contribution >= 4 is 18.0 Å². The minimum atomic E-state index is -1.08. The molecule has 0 atom stereocenters. The lowest BCUT2D eigenvalue weighted by Gasteiger charge is -1.98. The van der Waals surface area contributed by atoms with E-state index in [0.717, 1.165) is 5.56 Å². The number of hydrogen-bond donors (Lipinski definition) is 3. The van der Waals surface area contributed by atoms with Gasteiger partial charge >= 0.3 is 5.97 Å². The molecule has 0 aliphatic carbocycles. The van der Waals surface area contributed by atoms with Gasteiger partial charge in [0.2, 0.25) is 6.61 Å². The molecular weight excluding hydrogens is 210 g/mol. The fraction of sp³-hybridized carbons (Fsp3) is 0.100. The Bertz CT molecular complexity index is 412. The van der Waals surface area contributed by atoms with Crippen molar-refractivity contribution < 1.29 is 14.7 Å². The van der Waals surface area contributed by atoms with Gasteiger partial charge in [-0.3, -0.25) is 5.41 Å². The van der Waals surface area contributed by atoms with E-state index in [4.69, 9.17) is 16.2 Å². The number of oxime groups is 1. The van der Waals surface area contributed by atoms with Crippen LogP contribution in [0, 0.1) is 5.41 Å². The van der Waals surface area contributed by atoms with Crippen LogP contribution >= 0.6 is 0 Å². The molecule has 6 nitrogen and oxygen atoms in total. The first-order valence-electron chi connectivity index (χ1n) is 4.41. The van der Waals surface area contributed by atoms with Gasteiger partial charge in [0.15, 0.2) is 0 Å². The summed E-state index contributed by atoms with van der Waals surface area (Å²) in [4.78, 5) is 14.6. The van der Waals surface area contributed by atoms with Crippen LogP contribution in [0.15, 0.2) is 29.4 Å². The van der Waals surface area contributed by atoms with Gasteiger partial charge in [-0.25, -0.2) is 4.79 Å². The van der Waals surface area contributed by atoms with Gasteiger partial charge in [-0.05, 0) is 5.56 Å². The molecule has 0 aliphatic heterocycles. The van der Waals surface area contributed by atoms with E-state index in [0.29, 0.717) is 5.56 Å². The van der Waals surface area contributed by atoms with E-state index in [-0.39, 0.29) is 5.84 Å². The zero-order chi connectivity index (χ0) is 12.0. The molecule has 0 bridgehead atoms. The lowest BCUT2D eigenvalue weighted by Crippen LogP contribution is -2.10. The minimum absolute atomic E-state index is 0.00869. The van der Waals surface area contributed by atoms with Crippen LogP contribution in [0.5, 0.6) is 0 Å². The maximum atomic E-state index is 10.1. The number of nitrogens with two attached hydrogens (primary N) is 1. The van der Waals surface area contributed by atoms with E-state index in [1.54, 1.807) is 24.3 Å². The molecule has 4 N–H and O–H groups in total. The van der Waals surface area contributed by atoms with Gasteiger partial charge in [0, 0.05) is 5.56 Å². The summed E-state index contributed by atoms with van der Waals surface area (Å²) >= 11 is 0. The Morgan fingerprint density at radius 2 is 2.12 bits per heavy atom. The molecule has 0 saturated heterocycles. The molecule has 0 radical (unpaired) electrons. The SMILES string of the molecule is N=C(N)c1ccc(/C=N/OCC(=O)O)cc1. The average molecular weight is 221 g/mol. The molecule has 1 aromatic carbocycles. The fourth-order valence-electron chi connectivity index (χ4n) is 0.939. The van der Waals surface area contributed by atoms with Crippen molar-refractivity contribution in [1.29, 1.82) is 5.41 Å². The Balaban J connectivity index is 2.55. The molecule has 0 spiro atoms. The number of nitrogen functional groups attached to an aromatic ring is 1. The monoisotopic (exact) mass is 221 g/mol. The molecule has 0 aliphatic rings. The number of carboxylic acid groups (broad SMARTS) is 1. The van der Waals surface area contributed by atoms with Crippen molar-refractivity contribution in [3.05, 3.63) is 35.4 Å². The van der Waals surface area contributed by atoms with Crippen LogP contribution in [0.1, 0.15) is 11.1 Å². The number of aliphatic carboxylic acids is 1. The van der Waals surface area contributed by atoms with Gasteiger partial charge in [-0.2, -0.15) is 0 Å². The molecule has 0 saturated carbocycles. The summed E-state index contributed by atoms with van der Waals surface area (Å²) in [7, 11) is 0. The molecule has 0 fully saturated rings. The first-order valence-corrected chi connectivity index (χ1v) is 4.41. The number of nitrogens with zero attached hydrogens (tertiary/aromatic N) is 1. The molecule has 1 rings (SSSR count). The van der Waals surface area contributed by atoms with E-state index >= 15 is 0 Å². The van der Waals surface area contributed by atoms with E-state index in [1.165, 1.54) is 6.21 Å². The molecule has 0 unspecified atom stereocenters. The largest absolute Gasteiger partial charge is 0.479 e. The third-order valence-corrected chi connectivity index (χ3v) is 1.69. The van der Waals surface area contributed by atoms with Crippen LogP contribution in [0.4, 0.5) is 0 Å². The zero-order valence-electron chi connectivity index (χ0n) is 8.38. The molecule has 6 heteroatoms. The van der Waals surface area contributed by atoms with Crippen LogP contribution < -0.4 is 5.73 Å². The van der Waals surface area contributed by atoms with Gasteiger partial charge in [-0.15, -0.1) is 0 Å². The van der Waals surface area contributed by atoms with Crippen molar-refractivity contribution in [2.75, 3.05) is 6.61 Å². The van der Waals surface area contributed by atoms with Crippen molar-refractivity contribution in [2.45, 2.75) is 0 Å². The maximum absolute atomic E-state index is 10.1. The van der Waals surface area contributed by atoms with Crippen molar-refractivity contribution in [3.8, 4) is 0 Å². The highest BCUT2D eigenvalue weighted by Crippen LogP contribution is 2.01. The summed E-state index contributed by atoms with van der Waals surface area (Å²) in [6, 6.07) is 6.73. The van der Waals surface area contributed by atoms with Crippen LogP contribution in [0.2, 0.25) is 0 Å². The number of benzene rings is 1. The summed E-state index contributed by atoms with van der Waals surface area (Å²) in [5, 5.41) is 18.9. The molecule has 0 heterocycles. The van der Waals surface area contributed by atoms with Crippen LogP contribution in [-0.2, 0) is 9.63 Å². The van der Waals surface area contributed by atoms with Gasteiger partial charge in [0.05, 0.1) is 6.21 Å². The Morgan fingerprint density at radius 1 is 1.50 bits per heavy atom. The Hall–Kier alpha value is -2.37. The normalized spacial score (nSPS) is 10.2. The van der Waals surface area contributed by atoms with E-state index in [2.05, 4.69) is 9.99 Å². The topological polar surface area (TPSA) is 109 Å². The van der Waals surface area contributed by atoms with Crippen LogP contribution in [0.25, 0.3) is 0 Å². The first kappa shape index (κ1) is 11.7. The highest BCUT2D eigenvalue weighted by Gasteiger charge is 1.96. The number of amidine groups is 1. The Kier molecular flexibility index (Phi) is 4.02. The van der Waals surface area contributed by atoms with Crippen molar-refractivity contribution in [3.63, 3.8) is 0 Å². The van der Waals surface area contributed by atoms with Crippen LogP contribution in [-0.4, -0.2) is 29.7 Å². The highest BCUT2D eigenvalue weighted by molar-refractivity contribution is 5.95. The molecule has 0 amide bonds. The van der Waals surface area contributed by atoms with E-state index < -0.39 is 12.6 Å². The standard InChI is InChI=1S/C10H11N3O3/c11-10(12)8-3-1-7(2-4-8)5-13-16-6-9(14)15/h1-5H,6H2,(H3,11,12)(H,14,15)/b13-5+. The minimum Gasteiger partial charge on any atom is -0.479 e. The summed E-state index contributed by atoms with van der Waals surface area (Å²) in [6.07, 6.45) is 1.38. The number of hydrogen-bond acceptors (Lipinski definition) is 4. The first-order chi connectivity index (χ1) is 7.59. The maximum Gasteiger partial charge on any atom is 0.344 e. The third kappa shape index (κ3) is 3.79. The zero-order valence-corrected chi connectivity index (χ0v) is 8.38. The van der Waals surface area contributed by atoms with Gasteiger partial charge in [0.25, 0.3) is 0 Å². The molecular formula is C10H11N3O3. The summed E-state index contributed by atoms with van der Waals surface area (Å²) in [6.45, 7) is -0.470. The van der Waals surface area contributed by atoms with Gasteiger partial charge in [-0.1, -0.05) is 29.4 Å². The second-order valence-electron chi connectivity index (χ2n) is 2.94. The highest BCUT2D eigenvalue weighted by atomic mass is 16.6. The van der Waals surface area contributed by atoms with Gasteiger partial charge < -0.3 is 15.7 Å². The van der Waals surface area contributed by atoms with Crippen molar-refractivity contribution in [1.82, 2.24) is 0 Å². The lowest BCUT2D eigenvalue weighted by atomic mass is 10.1. The Morgan fingerprint density at radius 3 is 2.62 bits per heavy atom. The predicted octanol–water partition coefficient (Wildman–Crippen LogP) is 0.406. The predicted molar refractivity (Wildman–Crippen MR) is 58.6 cm³/mol. The second kappa shape index (κ2) is 5.50. The average Bonchev–Trinajstić information content (AvgIpc) is 2.25. The lowest BCUT2D eigenvalue weighted by molar-refractivity contribution is -0.142. The molecule has 0 aromatic heterocycles. The van der Waals surface area contributed by atoms with Crippen molar-refractivity contribution in [2.24, 2.45) is 10.9 Å². The summed E-state index contributed by atoms with van der Waals surface area (Å²) in [5.41, 5.74) is 6.62. The van der Waals surface area contributed by atoms with Crippen LogP contribution in [0.3, 0.4) is 0 Å². The summed E-state index contributed by atoms with van der Waals surface area (Å²) < 4.78 is 0. The number of rotatable bonds is 5. The summed E-state index contributed by atoms with van der Waals surface area (Å²) in [5.74, 6) is -1.09. The molecule has 16 heavy (non-hydrogen) atoms. The molecule has 84 valence electrons. The third-order valence-electron chi connectivity index (χ3n) is 1.69. The fourth-order valence-corrected chi connectivity index (χ4v) is 0.939. The number of carboxylic acids is 1. The molecule has 1 aromatic rings. The van der Waals surface area contributed by atoms with E-state index in [1.807, 2.05) is 0 Å². The van der Waals surface area contributed by atoms with Gasteiger partial charge in [0.1, 0.15) is 5.84 Å². The van der Waals surface area contributed by atoms with E-state index in [9.17, 15) is 4.79 Å². The quantitative estimate of drug-likeness (QED) is 0.380. The number of nitrogens with one attached hydrogen (secondary N) is 1. The smallest absolute Gasteiger partial charge is 0.344 e. The Labute approximate surface area is 91.8 Å². The second-order valence-corrected chi connectivity index (χ2v) is 2.94.